The van der Waals surface area contributed by atoms with E-state index in [1.165, 1.54) is 13.4 Å². The molecule has 0 saturated carbocycles. The number of nitrogens with zero attached hydrogens (tertiary/aromatic N) is 1. The summed E-state index contributed by atoms with van der Waals surface area (Å²) in [7, 11) is 1.33. The molecule has 0 N–H and O–H groups in total. The highest BCUT2D eigenvalue weighted by Crippen LogP contribution is 2.21. The molecule has 6 heteroatoms. The molecule has 0 aromatic carbocycles. The summed E-state index contributed by atoms with van der Waals surface area (Å²) in [5.74, 6) is -0.473. The summed E-state index contributed by atoms with van der Waals surface area (Å²) >= 11 is 0. The van der Waals surface area contributed by atoms with E-state index in [0.29, 0.717) is 19.7 Å². The van der Waals surface area contributed by atoms with E-state index in [1.807, 2.05) is 6.92 Å². The fourth-order valence-corrected chi connectivity index (χ4v) is 2.62. The molecule has 2 heterocycles. The summed E-state index contributed by atoms with van der Waals surface area (Å²) in [6, 6.07) is 1.76. The highest BCUT2D eigenvalue weighted by Gasteiger charge is 2.28. The fraction of sp³-hybridized carbons (Fsp3) is 0.600. The molecule has 0 amide bonds. The second-order valence-electron chi connectivity index (χ2n) is 5.09. The SMILES string of the molecule is CCOC(=O)C1CCCN(Cc2ccoc2C(=O)OC)C1. The molecule has 1 fully saturated rings. The summed E-state index contributed by atoms with van der Waals surface area (Å²) in [6.07, 6.45) is 3.27. The maximum absolute atomic E-state index is 11.8. The second kappa shape index (κ2) is 7.26. The lowest BCUT2D eigenvalue weighted by molar-refractivity contribution is -0.150. The van der Waals surface area contributed by atoms with Crippen LogP contribution in [-0.2, 0) is 20.8 Å². The van der Waals surface area contributed by atoms with E-state index in [9.17, 15) is 9.59 Å². The van der Waals surface area contributed by atoms with Crippen molar-refractivity contribution in [1.29, 1.82) is 0 Å². The number of methoxy groups -OCH3 is 1. The van der Waals surface area contributed by atoms with E-state index in [4.69, 9.17) is 13.9 Å². The number of ether oxygens (including phenoxy) is 2. The minimum Gasteiger partial charge on any atom is -0.466 e. The molecular weight excluding hydrogens is 274 g/mol. The number of piperidine rings is 1. The minimum absolute atomic E-state index is 0.0906. The van der Waals surface area contributed by atoms with Gasteiger partial charge in [0.2, 0.25) is 5.76 Å². The van der Waals surface area contributed by atoms with Gasteiger partial charge in [-0.25, -0.2) is 4.79 Å². The Labute approximate surface area is 124 Å². The predicted molar refractivity (Wildman–Crippen MR) is 74.7 cm³/mol. The summed E-state index contributed by atoms with van der Waals surface area (Å²) in [6.45, 7) is 4.32. The molecule has 0 radical (unpaired) electrons. The van der Waals surface area contributed by atoms with Gasteiger partial charge in [0.1, 0.15) is 0 Å². The zero-order chi connectivity index (χ0) is 15.2. The van der Waals surface area contributed by atoms with Crippen molar-refractivity contribution in [2.75, 3.05) is 26.8 Å². The van der Waals surface area contributed by atoms with E-state index in [1.54, 1.807) is 6.07 Å². The molecule has 1 aromatic rings. The number of esters is 2. The van der Waals surface area contributed by atoms with Crippen LogP contribution in [0.4, 0.5) is 0 Å². The van der Waals surface area contributed by atoms with Crippen molar-refractivity contribution in [3.63, 3.8) is 0 Å². The summed E-state index contributed by atoms with van der Waals surface area (Å²) in [5.41, 5.74) is 0.784. The van der Waals surface area contributed by atoms with Crippen molar-refractivity contribution in [2.45, 2.75) is 26.3 Å². The standard InChI is InChI=1S/C15H21NO5/c1-3-20-14(17)12-5-4-7-16(10-12)9-11-6-8-21-13(11)15(18)19-2/h6,8,12H,3-5,7,9-10H2,1-2H3. The number of likely N-dealkylation sites (tertiary alicyclic amines) is 1. The summed E-state index contributed by atoms with van der Waals surface area (Å²) in [5, 5.41) is 0. The van der Waals surface area contributed by atoms with Crippen LogP contribution in [0.3, 0.4) is 0 Å². The van der Waals surface area contributed by atoms with Gasteiger partial charge in [-0.3, -0.25) is 9.69 Å². The van der Waals surface area contributed by atoms with Gasteiger partial charge >= 0.3 is 11.9 Å². The Balaban J connectivity index is 1.98. The summed E-state index contributed by atoms with van der Waals surface area (Å²) in [4.78, 5) is 25.6. The molecule has 116 valence electrons. The number of furan rings is 1. The number of carbonyl (C=O) groups excluding carboxylic acids is 2. The molecule has 1 aromatic heterocycles. The van der Waals surface area contributed by atoms with Crippen LogP contribution in [0.15, 0.2) is 16.7 Å². The lowest BCUT2D eigenvalue weighted by Gasteiger charge is -2.31. The number of hydrogen-bond acceptors (Lipinski definition) is 6. The molecule has 6 nitrogen and oxygen atoms in total. The first-order chi connectivity index (χ1) is 10.2. The van der Waals surface area contributed by atoms with Crippen LogP contribution in [0, 0.1) is 5.92 Å². The maximum Gasteiger partial charge on any atom is 0.374 e. The molecule has 21 heavy (non-hydrogen) atoms. The lowest BCUT2D eigenvalue weighted by Crippen LogP contribution is -2.39. The highest BCUT2D eigenvalue weighted by atomic mass is 16.5. The number of hydrogen-bond donors (Lipinski definition) is 0. The van der Waals surface area contributed by atoms with Crippen LogP contribution in [-0.4, -0.2) is 43.6 Å². The third kappa shape index (κ3) is 3.85. The van der Waals surface area contributed by atoms with Crippen molar-refractivity contribution in [2.24, 2.45) is 5.92 Å². The molecular formula is C15H21NO5. The van der Waals surface area contributed by atoms with Gasteiger partial charge in [0.05, 0.1) is 25.9 Å². The van der Waals surface area contributed by atoms with Gasteiger partial charge < -0.3 is 13.9 Å². The van der Waals surface area contributed by atoms with Crippen molar-refractivity contribution in [3.05, 3.63) is 23.7 Å². The quantitative estimate of drug-likeness (QED) is 0.772. The van der Waals surface area contributed by atoms with Gasteiger partial charge in [-0.1, -0.05) is 0 Å². The molecule has 1 unspecified atom stereocenters. The van der Waals surface area contributed by atoms with Gasteiger partial charge in [0.15, 0.2) is 0 Å². The molecule has 1 aliphatic rings. The van der Waals surface area contributed by atoms with Crippen LogP contribution < -0.4 is 0 Å². The number of carbonyl (C=O) groups is 2. The normalized spacial score (nSPS) is 19.2. The topological polar surface area (TPSA) is 69.0 Å². The van der Waals surface area contributed by atoms with Crippen LogP contribution in [0.25, 0.3) is 0 Å². The van der Waals surface area contributed by atoms with E-state index in [0.717, 1.165) is 24.9 Å². The van der Waals surface area contributed by atoms with Gasteiger partial charge in [-0.15, -0.1) is 0 Å². The van der Waals surface area contributed by atoms with Gasteiger partial charge in [0, 0.05) is 18.7 Å². The third-order valence-electron chi connectivity index (χ3n) is 3.64. The Hall–Kier alpha value is -1.82. The predicted octanol–water partition coefficient (Wildman–Crippen LogP) is 1.84. The molecule has 0 aliphatic carbocycles. The third-order valence-corrected chi connectivity index (χ3v) is 3.64. The Morgan fingerprint density at radius 3 is 3.00 bits per heavy atom. The van der Waals surface area contributed by atoms with Gasteiger partial charge in [0.25, 0.3) is 0 Å². The molecule has 0 bridgehead atoms. The van der Waals surface area contributed by atoms with Crippen LogP contribution >= 0.6 is 0 Å². The molecule has 0 spiro atoms. The largest absolute Gasteiger partial charge is 0.466 e. The highest BCUT2D eigenvalue weighted by molar-refractivity contribution is 5.87. The zero-order valence-electron chi connectivity index (χ0n) is 12.5. The van der Waals surface area contributed by atoms with Crippen molar-refractivity contribution >= 4 is 11.9 Å². The average Bonchev–Trinajstić information content (AvgIpc) is 2.95. The average molecular weight is 295 g/mol. The second-order valence-corrected chi connectivity index (χ2v) is 5.09. The maximum atomic E-state index is 11.8. The van der Waals surface area contributed by atoms with E-state index >= 15 is 0 Å². The van der Waals surface area contributed by atoms with Gasteiger partial charge in [-0.05, 0) is 32.4 Å². The van der Waals surface area contributed by atoms with E-state index in [2.05, 4.69) is 4.90 Å². The van der Waals surface area contributed by atoms with Crippen LogP contribution in [0.5, 0.6) is 0 Å². The van der Waals surface area contributed by atoms with E-state index in [-0.39, 0.29) is 17.6 Å². The smallest absolute Gasteiger partial charge is 0.374 e. The first kappa shape index (κ1) is 15.6. The fourth-order valence-electron chi connectivity index (χ4n) is 2.62. The lowest BCUT2D eigenvalue weighted by atomic mass is 9.98. The Morgan fingerprint density at radius 1 is 1.48 bits per heavy atom. The first-order valence-corrected chi connectivity index (χ1v) is 7.19. The van der Waals surface area contributed by atoms with Crippen LogP contribution in [0.2, 0.25) is 0 Å². The van der Waals surface area contributed by atoms with Crippen molar-refractivity contribution in [1.82, 2.24) is 4.90 Å². The van der Waals surface area contributed by atoms with Crippen molar-refractivity contribution in [3.8, 4) is 0 Å². The Kier molecular flexibility index (Phi) is 5.38. The number of rotatable bonds is 5. The monoisotopic (exact) mass is 295 g/mol. The minimum atomic E-state index is -0.478. The zero-order valence-corrected chi connectivity index (χ0v) is 12.5. The van der Waals surface area contributed by atoms with Crippen LogP contribution in [0.1, 0.15) is 35.9 Å². The van der Waals surface area contributed by atoms with Crippen molar-refractivity contribution < 1.29 is 23.5 Å². The Bertz CT molecular complexity index is 496. The molecule has 1 saturated heterocycles. The van der Waals surface area contributed by atoms with Gasteiger partial charge in [-0.2, -0.15) is 0 Å². The molecule has 1 atom stereocenters. The Morgan fingerprint density at radius 2 is 2.29 bits per heavy atom. The molecule has 1 aliphatic heterocycles. The van der Waals surface area contributed by atoms with E-state index < -0.39 is 5.97 Å². The molecule has 2 rings (SSSR count). The first-order valence-electron chi connectivity index (χ1n) is 7.19. The summed E-state index contributed by atoms with van der Waals surface area (Å²) < 4.78 is 15.0.